The Morgan fingerprint density at radius 3 is 3.00 bits per heavy atom. The number of likely N-dealkylation sites (tertiary alicyclic amines) is 1. The maximum Gasteiger partial charge on any atom is 0.107 e. The molecule has 0 aliphatic carbocycles. The maximum absolute atomic E-state index is 4.51. The third kappa shape index (κ3) is 3.27. The fraction of sp³-hybridized carbons (Fsp3) is 0.769. The van der Waals surface area contributed by atoms with Crippen LogP contribution in [0.5, 0.6) is 0 Å². The van der Waals surface area contributed by atoms with E-state index in [4.69, 9.17) is 0 Å². The Labute approximate surface area is 108 Å². The largest absolute Gasteiger partial charge is 0.317 e. The minimum atomic E-state index is 0.689. The lowest BCUT2D eigenvalue weighted by molar-refractivity contribution is 0.145. The van der Waals surface area contributed by atoms with E-state index in [0.29, 0.717) is 6.04 Å². The molecule has 96 valence electrons. The summed E-state index contributed by atoms with van der Waals surface area (Å²) in [5, 5.41) is 4.69. The fourth-order valence-electron chi connectivity index (χ4n) is 2.58. The van der Waals surface area contributed by atoms with Crippen molar-refractivity contribution in [3.63, 3.8) is 0 Å². The highest BCUT2D eigenvalue weighted by molar-refractivity contribution is 7.11. The molecule has 0 amide bonds. The van der Waals surface area contributed by atoms with Gasteiger partial charge in [-0.3, -0.25) is 4.90 Å². The first-order valence-electron chi connectivity index (χ1n) is 6.56. The summed E-state index contributed by atoms with van der Waals surface area (Å²) < 4.78 is 0. The van der Waals surface area contributed by atoms with Gasteiger partial charge in [0.1, 0.15) is 5.01 Å². The molecule has 2 unspecified atom stereocenters. The molecular formula is C13H23N3S. The van der Waals surface area contributed by atoms with Gasteiger partial charge in [0.25, 0.3) is 0 Å². The van der Waals surface area contributed by atoms with E-state index in [1.165, 1.54) is 29.4 Å². The molecule has 1 aromatic heterocycles. The lowest BCUT2D eigenvalue weighted by Gasteiger charge is -2.36. The van der Waals surface area contributed by atoms with Crippen LogP contribution in [-0.4, -0.2) is 36.1 Å². The number of rotatable bonds is 4. The van der Waals surface area contributed by atoms with Gasteiger partial charge in [0, 0.05) is 30.2 Å². The summed E-state index contributed by atoms with van der Waals surface area (Å²) in [5.74, 6) is 0.736. The Morgan fingerprint density at radius 1 is 1.59 bits per heavy atom. The highest BCUT2D eigenvalue weighted by atomic mass is 32.1. The second-order valence-corrected chi connectivity index (χ2v) is 6.17. The summed E-state index contributed by atoms with van der Waals surface area (Å²) in [6.07, 6.45) is 4.39. The van der Waals surface area contributed by atoms with Gasteiger partial charge in [-0.05, 0) is 25.8 Å². The molecule has 0 aromatic carbocycles. The number of nitrogens with one attached hydrogen (secondary N) is 1. The Kier molecular flexibility index (Phi) is 4.54. The SMILES string of the molecule is CCc1cnc(CN2CCC(NC)C(C)C2)s1. The van der Waals surface area contributed by atoms with Crippen LogP contribution in [0.4, 0.5) is 0 Å². The molecular weight excluding hydrogens is 230 g/mol. The summed E-state index contributed by atoms with van der Waals surface area (Å²) >= 11 is 1.87. The molecule has 2 heterocycles. The second kappa shape index (κ2) is 5.94. The lowest BCUT2D eigenvalue weighted by Crippen LogP contribution is -2.46. The molecule has 0 saturated carbocycles. The molecule has 3 nitrogen and oxygen atoms in total. The molecule has 1 aromatic rings. The topological polar surface area (TPSA) is 28.2 Å². The van der Waals surface area contributed by atoms with E-state index in [-0.39, 0.29) is 0 Å². The summed E-state index contributed by atoms with van der Waals surface area (Å²) in [6.45, 7) is 7.94. The molecule has 17 heavy (non-hydrogen) atoms. The molecule has 1 aliphatic rings. The molecule has 1 aliphatic heterocycles. The monoisotopic (exact) mass is 253 g/mol. The van der Waals surface area contributed by atoms with E-state index in [9.17, 15) is 0 Å². The van der Waals surface area contributed by atoms with Crippen LogP contribution in [0.15, 0.2) is 6.20 Å². The summed E-state index contributed by atoms with van der Waals surface area (Å²) in [6, 6.07) is 0.689. The molecule has 0 radical (unpaired) electrons. The predicted molar refractivity (Wildman–Crippen MR) is 73.4 cm³/mol. The Balaban J connectivity index is 1.88. The number of nitrogens with zero attached hydrogens (tertiary/aromatic N) is 2. The molecule has 0 spiro atoms. The Bertz CT molecular complexity index is 350. The van der Waals surface area contributed by atoms with Crippen LogP contribution in [0.2, 0.25) is 0 Å². The molecule has 1 N–H and O–H groups in total. The smallest absolute Gasteiger partial charge is 0.107 e. The predicted octanol–water partition coefficient (Wildman–Crippen LogP) is 2.14. The minimum absolute atomic E-state index is 0.689. The van der Waals surface area contributed by atoms with Crippen molar-refractivity contribution >= 4 is 11.3 Å². The number of aromatic nitrogens is 1. The normalized spacial score (nSPS) is 26.3. The van der Waals surface area contributed by atoms with Crippen LogP contribution in [-0.2, 0) is 13.0 Å². The van der Waals surface area contributed by atoms with Crippen molar-refractivity contribution in [1.29, 1.82) is 0 Å². The third-order valence-corrected chi connectivity index (χ3v) is 4.80. The molecule has 2 atom stereocenters. The average molecular weight is 253 g/mol. The summed E-state index contributed by atoms with van der Waals surface area (Å²) in [7, 11) is 2.07. The number of piperidine rings is 1. The van der Waals surface area contributed by atoms with Crippen LogP contribution in [0, 0.1) is 5.92 Å². The van der Waals surface area contributed by atoms with Crippen LogP contribution < -0.4 is 5.32 Å². The van der Waals surface area contributed by atoms with E-state index < -0.39 is 0 Å². The minimum Gasteiger partial charge on any atom is -0.317 e. The maximum atomic E-state index is 4.51. The highest BCUT2D eigenvalue weighted by Crippen LogP contribution is 2.21. The van der Waals surface area contributed by atoms with Gasteiger partial charge in [-0.25, -0.2) is 4.98 Å². The van der Waals surface area contributed by atoms with E-state index in [0.717, 1.165) is 18.9 Å². The van der Waals surface area contributed by atoms with Crippen molar-refractivity contribution in [3.8, 4) is 0 Å². The van der Waals surface area contributed by atoms with Crippen LogP contribution in [0.25, 0.3) is 0 Å². The Hall–Kier alpha value is -0.450. The molecule has 4 heteroatoms. The van der Waals surface area contributed by atoms with Crippen molar-refractivity contribution in [2.75, 3.05) is 20.1 Å². The van der Waals surface area contributed by atoms with Crippen molar-refractivity contribution in [1.82, 2.24) is 15.2 Å². The molecule has 1 saturated heterocycles. The zero-order valence-corrected chi connectivity index (χ0v) is 11.9. The van der Waals surface area contributed by atoms with Gasteiger partial charge < -0.3 is 5.32 Å². The second-order valence-electron chi connectivity index (χ2n) is 4.97. The summed E-state index contributed by atoms with van der Waals surface area (Å²) in [5.41, 5.74) is 0. The van der Waals surface area contributed by atoms with Gasteiger partial charge in [0.15, 0.2) is 0 Å². The van der Waals surface area contributed by atoms with Gasteiger partial charge in [-0.15, -0.1) is 11.3 Å². The van der Waals surface area contributed by atoms with Crippen LogP contribution in [0.1, 0.15) is 30.2 Å². The molecule has 0 bridgehead atoms. The number of thiazole rings is 1. The van der Waals surface area contributed by atoms with Crippen molar-refractivity contribution in [2.45, 2.75) is 39.3 Å². The number of hydrogen-bond donors (Lipinski definition) is 1. The zero-order valence-electron chi connectivity index (χ0n) is 11.1. The molecule has 1 fully saturated rings. The zero-order chi connectivity index (χ0) is 12.3. The lowest BCUT2D eigenvalue weighted by atomic mass is 9.94. The van der Waals surface area contributed by atoms with Crippen molar-refractivity contribution in [3.05, 3.63) is 16.1 Å². The first-order chi connectivity index (χ1) is 8.22. The fourth-order valence-corrected chi connectivity index (χ4v) is 3.49. The number of aryl methyl sites for hydroxylation is 1. The summed E-state index contributed by atoms with van der Waals surface area (Å²) in [4.78, 5) is 8.45. The van der Waals surface area contributed by atoms with Gasteiger partial charge in [0.05, 0.1) is 6.54 Å². The van der Waals surface area contributed by atoms with Crippen LogP contribution in [0.3, 0.4) is 0 Å². The van der Waals surface area contributed by atoms with E-state index in [1.54, 1.807) is 0 Å². The third-order valence-electron chi connectivity index (χ3n) is 3.67. The van der Waals surface area contributed by atoms with Gasteiger partial charge >= 0.3 is 0 Å². The molecule has 2 rings (SSSR count). The Morgan fingerprint density at radius 2 is 2.41 bits per heavy atom. The first kappa shape index (κ1) is 13.0. The van der Waals surface area contributed by atoms with E-state index >= 15 is 0 Å². The van der Waals surface area contributed by atoms with E-state index in [2.05, 4.69) is 36.1 Å². The van der Waals surface area contributed by atoms with E-state index in [1.807, 2.05) is 17.5 Å². The van der Waals surface area contributed by atoms with Gasteiger partial charge in [-0.2, -0.15) is 0 Å². The van der Waals surface area contributed by atoms with Crippen molar-refractivity contribution in [2.24, 2.45) is 5.92 Å². The highest BCUT2D eigenvalue weighted by Gasteiger charge is 2.25. The first-order valence-corrected chi connectivity index (χ1v) is 7.37. The standard InChI is InChI=1S/C13H23N3S/c1-4-11-7-15-13(17-11)9-16-6-5-12(14-3)10(2)8-16/h7,10,12,14H,4-6,8-9H2,1-3H3. The van der Waals surface area contributed by atoms with Gasteiger partial charge in [-0.1, -0.05) is 13.8 Å². The number of hydrogen-bond acceptors (Lipinski definition) is 4. The average Bonchev–Trinajstić information content (AvgIpc) is 2.77. The van der Waals surface area contributed by atoms with Crippen molar-refractivity contribution < 1.29 is 0 Å². The quantitative estimate of drug-likeness (QED) is 0.891. The van der Waals surface area contributed by atoms with Gasteiger partial charge in [0.2, 0.25) is 0 Å². The van der Waals surface area contributed by atoms with Crippen LogP contribution >= 0.6 is 11.3 Å².